The molecular weight excluding hydrogens is 321 g/mol. The number of esters is 1. The van der Waals surface area contributed by atoms with Crippen molar-refractivity contribution in [3.63, 3.8) is 0 Å². The summed E-state index contributed by atoms with van der Waals surface area (Å²) in [6, 6.07) is 9.76. The molecule has 25 heavy (non-hydrogen) atoms. The predicted octanol–water partition coefficient (Wildman–Crippen LogP) is 2.82. The minimum atomic E-state index is -0.535. The Kier molecular flexibility index (Phi) is 4.64. The fraction of sp³-hybridized carbons (Fsp3) is 0.556. The fourth-order valence-electron chi connectivity index (χ4n) is 2.95. The molecule has 1 fully saturated rings. The number of carbonyl (C=O) groups is 1. The normalized spacial score (nSPS) is 26.9. The van der Waals surface area contributed by atoms with Gasteiger partial charge in [-0.05, 0) is 33.3 Å². The molecule has 2 heterocycles. The molecule has 2 aliphatic heterocycles. The summed E-state index contributed by atoms with van der Waals surface area (Å²) in [5.41, 5.74) is 0.756. The highest BCUT2D eigenvalue weighted by atomic mass is 16.7. The van der Waals surface area contributed by atoms with Crippen LogP contribution in [0.1, 0.15) is 40.2 Å². The van der Waals surface area contributed by atoms with Crippen LogP contribution in [-0.4, -0.2) is 42.7 Å². The van der Waals surface area contributed by atoms with Crippen molar-refractivity contribution in [2.45, 2.75) is 57.7 Å². The van der Waals surface area contributed by atoms with Crippen LogP contribution in [0.3, 0.4) is 0 Å². The van der Waals surface area contributed by atoms with E-state index in [-0.39, 0.29) is 18.4 Å². The molecule has 7 heteroatoms. The maximum Gasteiger partial charge on any atom is 0.471 e. The van der Waals surface area contributed by atoms with Crippen LogP contribution >= 0.6 is 0 Å². The van der Waals surface area contributed by atoms with E-state index in [2.05, 4.69) is 5.16 Å². The number of ether oxygens (including phenoxy) is 1. The van der Waals surface area contributed by atoms with Crippen LogP contribution < -0.4 is 0 Å². The summed E-state index contributed by atoms with van der Waals surface area (Å²) in [4.78, 5) is 16.8. The molecule has 0 aliphatic carbocycles. The van der Waals surface area contributed by atoms with E-state index in [1.54, 1.807) is 0 Å². The Morgan fingerprint density at radius 2 is 1.76 bits per heavy atom. The maximum absolute atomic E-state index is 11.2. The molecule has 0 unspecified atom stereocenters. The van der Waals surface area contributed by atoms with Crippen molar-refractivity contribution in [2.24, 2.45) is 5.16 Å². The van der Waals surface area contributed by atoms with Crippen molar-refractivity contribution < 1.29 is 23.7 Å². The molecule has 0 N–H and O–H groups in total. The zero-order valence-corrected chi connectivity index (χ0v) is 15.3. The lowest BCUT2D eigenvalue weighted by Gasteiger charge is -2.32. The van der Waals surface area contributed by atoms with Gasteiger partial charge in [-0.25, -0.2) is 0 Å². The van der Waals surface area contributed by atoms with Gasteiger partial charge in [0, 0.05) is 6.92 Å². The van der Waals surface area contributed by atoms with Crippen molar-refractivity contribution in [1.29, 1.82) is 0 Å². The Morgan fingerprint density at radius 1 is 1.16 bits per heavy atom. The zero-order valence-electron chi connectivity index (χ0n) is 15.3. The molecule has 0 bridgehead atoms. The molecule has 2 atom stereocenters. The summed E-state index contributed by atoms with van der Waals surface area (Å²) in [5, 5.41) is 4.25. The summed E-state index contributed by atoms with van der Waals surface area (Å²) in [7, 11) is -0.535. The average Bonchev–Trinajstić information content (AvgIpc) is 3.04. The average molecular weight is 345 g/mol. The Bertz CT molecular complexity index is 657. The van der Waals surface area contributed by atoms with Crippen LogP contribution in [0.15, 0.2) is 35.5 Å². The second kappa shape index (κ2) is 6.46. The predicted molar refractivity (Wildman–Crippen MR) is 94.3 cm³/mol. The minimum Gasteiger partial charge on any atom is -0.462 e. The lowest BCUT2D eigenvalue weighted by molar-refractivity contribution is -0.144. The van der Waals surface area contributed by atoms with Gasteiger partial charge in [0.1, 0.15) is 6.61 Å². The maximum atomic E-state index is 11.2. The lowest BCUT2D eigenvalue weighted by Crippen LogP contribution is -2.41. The van der Waals surface area contributed by atoms with Gasteiger partial charge < -0.3 is 18.9 Å². The fourth-order valence-corrected chi connectivity index (χ4v) is 2.95. The first-order valence-corrected chi connectivity index (χ1v) is 8.49. The molecule has 3 rings (SSSR count). The van der Waals surface area contributed by atoms with E-state index in [4.69, 9.17) is 18.9 Å². The summed E-state index contributed by atoms with van der Waals surface area (Å²) in [6.07, 6.45) is -0.450. The van der Waals surface area contributed by atoms with Crippen LogP contribution in [-0.2, 0) is 23.7 Å². The smallest absolute Gasteiger partial charge is 0.462 e. The van der Waals surface area contributed by atoms with Gasteiger partial charge in [0.05, 0.1) is 22.7 Å². The van der Waals surface area contributed by atoms with E-state index in [0.29, 0.717) is 0 Å². The molecule has 0 saturated carbocycles. The number of hydrogen-bond acceptors (Lipinski definition) is 6. The largest absolute Gasteiger partial charge is 0.471 e. The van der Waals surface area contributed by atoms with Crippen molar-refractivity contribution >= 4 is 18.8 Å². The molecule has 2 aliphatic rings. The van der Waals surface area contributed by atoms with E-state index in [9.17, 15) is 4.79 Å². The van der Waals surface area contributed by atoms with Gasteiger partial charge in [-0.1, -0.05) is 35.5 Å². The second-order valence-corrected chi connectivity index (χ2v) is 7.44. The Labute approximate surface area is 148 Å². The first-order chi connectivity index (χ1) is 11.7. The van der Waals surface area contributed by atoms with E-state index in [1.807, 2.05) is 58.0 Å². The molecule has 0 aromatic heterocycles. The highest BCUT2D eigenvalue weighted by Gasteiger charge is 2.58. The highest BCUT2D eigenvalue weighted by Crippen LogP contribution is 2.43. The topological polar surface area (TPSA) is 66.4 Å². The third-order valence-electron chi connectivity index (χ3n) is 5.09. The lowest BCUT2D eigenvalue weighted by atomic mass is 9.65. The molecule has 1 saturated heterocycles. The van der Waals surface area contributed by atoms with Gasteiger partial charge in [0.2, 0.25) is 0 Å². The first kappa shape index (κ1) is 18.0. The van der Waals surface area contributed by atoms with Gasteiger partial charge in [-0.15, -0.1) is 0 Å². The van der Waals surface area contributed by atoms with Crippen molar-refractivity contribution in [1.82, 2.24) is 0 Å². The molecule has 1 aromatic carbocycles. The van der Waals surface area contributed by atoms with Gasteiger partial charge in [-0.3, -0.25) is 4.79 Å². The van der Waals surface area contributed by atoms with E-state index >= 15 is 0 Å². The van der Waals surface area contributed by atoms with Crippen LogP contribution in [0.4, 0.5) is 0 Å². The van der Waals surface area contributed by atoms with Crippen molar-refractivity contribution in [3.05, 3.63) is 35.9 Å². The van der Waals surface area contributed by atoms with Crippen LogP contribution in [0, 0.1) is 0 Å². The van der Waals surface area contributed by atoms with Crippen LogP contribution in [0.25, 0.3) is 0 Å². The summed E-state index contributed by atoms with van der Waals surface area (Å²) in [6.45, 7) is 9.49. The van der Waals surface area contributed by atoms with E-state index in [1.165, 1.54) is 6.92 Å². The van der Waals surface area contributed by atoms with Gasteiger partial charge >= 0.3 is 13.1 Å². The number of benzene rings is 1. The Balaban J connectivity index is 1.88. The number of carbonyl (C=O) groups excluding carboxylic acids is 1. The SMILES string of the molecule is CC(=O)OC[C@@H]1ON=C(c2ccccc2)[C@H]1B1OC(C)(C)C(C)(C)O1. The molecule has 1 aromatic rings. The minimum absolute atomic E-state index is 0.101. The number of oxime groups is 1. The van der Waals surface area contributed by atoms with Crippen molar-refractivity contribution in [2.75, 3.05) is 6.61 Å². The Hall–Kier alpha value is -1.86. The molecular formula is C18H24BNO5. The second-order valence-electron chi connectivity index (χ2n) is 7.44. The monoisotopic (exact) mass is 345 g/mol. The molecule has 0 spiro atoms. The van der Waals surface area contributed by atoms with Crippen LogP contribution in [0.2, 0.25) is 5.82 Å². The number of rotatable bonds is 4. The number of hydrogen-bond donors (Lipinski definition) is 0. The van der Waals surface area contributed by atoms with E-state index in [0.717, 1.165) is 11.3 Å². The molecule has 6 nitrogen and oxygen atoms in total. The molecule has 0 radical (unpaired) electrons. The molecule has 134 valence electrons. The summed E-state index contributed by atoms with van der Waals surface area (Å²) < 4.78 is 17.6. The zero-order chi connectivity index (χ0) is 18.2. The third-order valence-corrected chi connectivity index (χ3v) is 5.09. The van der Waals surface area contributed by atoms with Crippen molar-refractivity contribution in [3.8, 4) is 0 Å². The third kappa shape index (κ3) is 3.44. The molecule has 0 amide bonds. The standard InChI is InChI=1S/C18H24BNO5/c1-12(21)22-11-14-15(19-24-17(2,3)18(4,5)25-19)16(20-23-14)13-9-7-6-8-10-13/h6-10,14-15H,11H2,1-5H3/t14-,15-/m0/s1. The quantitative estimate of drug-likeness (QED) is 0.620. The number of nitrogens with zero attached hydrogens (tertiary/aromatic N) is 1. The van der Waals surface area contributed by atoms with Crippen LogP contribution in [0.5, 0.6) is 0 Å². The van der Waals surface area contributed by atoms with Gasteiger partial charge in [0.25, 0.3) is 0 Å². The summed E-state index contributed by atoms with van der Waals surface area (Å²) in [5.74, 6) is -0.646. The van der Waals surface area contributed by atoms with Gasteiger partial charge in [-0.2, -0.15) is 0 Å². The van der Waals surface area contributed by atoms with Gasteiger partial charge in [0.15, 0.2) is 6.10 Å². The Morgan fingerprint density at radius 3 is 2.32 bits per heavy atom. The van der Waals surface area contributed by atoms with E-state index < -0.39 is 24.4 Å². The summed E-state index contributed by atoms with van der Waals surface area (Å²) >= 11 is 0. The highest BCUT2D eigenvalue weighted by molar-refractivity contribution is 6.55. The first-order valence-electron chi connectivity index (χ1n) is 8.49.